The largest absolute Gasteiger partial charge is 0.482 e. The second-order valence-electron chi connectivity index (χ2n) is 6.19. The third-order valence-electron chi connectivity index (χ3n) is 4.29. The van der Waals surface area contributed by atoms with Crippen LogP contribution in [0.5, 0.6) is 5.75 Å². The lowest BCUT2D eigenvalue weighted by Crippen LogP contribution is -2.21. The molecule has 5 nitrogen and oxygen atoms in total. The van der Waals surface area contributed by atoms with E-state index < -0.39 is 5.97 Å². The Hall–Kier alpha value is -2.60. The zero-order valence-corrected chi connectivity index (χ0v) is 16.3. The van der Waals surface area contributed by atoms with E-state index in [2.05, 4.69) is 15.9 Å². The first-order valence-corrected chi connectivity index (χ1v) is 8.86. The SMILES string of the molecule is Cc1cc(C)c(OCC(=O)n2c(C)c(C(=O)O)c3ccccc32)c(Br)c1. The van der Waals surface area contributed by atoms with Gasteiger partial charge in [0.15, 0.2) is 6.61 Å². The number of carboxylic acids is 1. The first-order valence-electron chi connectivity index (χ1n) is 8.07. The van der Waals surface area contributed by atoms with E-state index in [4.69, 9.17) is 4.74 Å². The minimum atomic E-state index is -1.05. The number of aromatic nitrogens is 1. The van der Waals surface area contributed by atoms with Crippen molar-refractivity contribution in [2.24, 2.45) is 0 Å². The first-order chi connectivity index (χ1) is 12.3. The molecule has 0 aliphatic carbocycles. The molecule has 0 aliphatic heterocycles. The van der Waals surface area contributed by atoms with Gasteiger partial charge in [0.05, 0.1) is 15.6 Å². The molecule has 3 rings (SSSR count). The van der Waals surface area contributed by atoms with Gasteiger partial charge in [-0.15, -0.1) is 0 Å². The summed E-state index contributed by atoms with van der Waals surface area (Å²) < 4.78 is 7.94. The molecule has 3 aromatic rings. The van der Waals surface area contributed by atoms with Crippen molar-refractivity contribution in [1.29, 1.82) is 0 Å². The van der Waals surface area contributed by atoms with Gasteiger partial charge in [-0.1, -0.05) is 24.3 Å². The summed E-state index contributed by atoms with van der Waals surface area (Å²) in [5.74, 6) is -0.766. The van der Waals surface area contributed by atoms with Gasteiger partial charge in [-0.05, 0) is 60.0 Å². The normalized spacial score (nSPS) is 10.9. The van der Waals surface area contributed by atoms with Crippen LogP contribution < -0.4 is 4.74 Å². The van der Waals surface area contributed by atoms with E-state index in [1.54, 1.807) is 31.2 Å². The summed E-state index contributed by atoms with van der Waals surface area (Å²) in [5.41, 5.74) is 3.11. The van der Waals surface area contributed by atoms with Gasteiger partial charge in [0.1, 0.15) is 5.75 Å². The highest BCUT2D eigenvalue weighted by atomic mass is 79.9. The Labute approximate surface area is 159 Å². The number of fused-ring (bicyclic) bond motifs is 1. The van der Waals surface area contributed by atoms with Crippen molar-refractivity contribution in [1.82, 2.24) is 4.57 Å². The molecule has 1 N–H and O–H groups in total. The number of carbonyl (C=O) groups is 2. The Morgan fingerprint density at radius 3 is 2.50 bits per heavy atom. The van der Waals surface area contributed by atoms with E-state index in [1.165, 1.54) is 4.57 Å². The number of carboxylic acid groups (broad SMARTS) is 1. The Bertz CT molecular complexity index is 1010. The van der Waals surface area contributed by atoms with Gasteiger partial charge in [0.25, 0.3) is 5.91 Å². The number of nitrogens with zero attached hydrogens (tertiary/aromatic N) is 1. The molecule has 0 spiro atoms. The average Bonchev–Trinajstić information content (AvgIpc) is 2.85. The number of hydrogen-bond donors (Lipinski definition) is 1. The highest BCUT2D eigenvalue weighted by Crippen LogP contribution is 2.31. The molecular weight excluding hydrogens is 398 g/mol. The molecule has 0 aliphatic rings. The van der Waals surface area contributed by atoms with E-state index in [-0.39, 0.29) is 18.1 Å². The molecule has 0 saturated heterocycles. The summed E-state index contributed by atoms with van der Waals surface area (Å²) >= 11 is 3.46. The number of aromatic carboxylic acids is 1. The summed E-state index contributed by atoms with van der Waals surface area (Å²) in [6, 6.07) is 10.9. The maximum atomic E-state index is 12.8. The van der Waals surface area contributed by atoms with Crippen LogP contribution >= 0.6 is 15.9 Å². The van der Waals surface area contributed by atoms with Crippen LogP contribution in [0.25, 0.3) is 10.9 Å². The van der Waals surface area contributed by atoms with Crippen LogP contribution in [0.3, 0.4) is 0 Å². The Kier molecular flexibility index (Phi) is 4.87. The topological polar surface area (TPSA) is 68.5 Å². The first kappa shape index (κ1) is 18.2. The monoisotopic (exact) mass is 415 g/mol. The Balaban J connectivity index is 1.97. The van der Waals surface area contributed by atoms with Crippen LogP contribution in [-0.4, -0.2) is 28.2 Å². The number of hydrogen-bond acceptors (Lipinski definition) is 3. The van der Waals surface area contributed by atoms with Crippen LogP contribution in [0.4, 0.5) is 0 Å². The van der Waals surface area contributed by atoms with Crippen molar-refractivity contribution in [2.75, 3.05) is 6.61 Å². The molecule has 0 unspecified atom stereocenters. The second kappa shape index (κ2) is 6.96. The van der Waals surface area contributed by atoms with Crippen molar-refractivity contribution >= 4 is 38.7 Å². The summed E-state index contributed by atoms with van der Waals surface area (Å²) in [6.45, 7) is 5.33. The van der Waals surface area contributed by atoms with E-state index >= 15 is 0 Å². The van der Waals surface area contributed by atoms with Crippen LogP contribution in [0.2, 0.25) is 0 Å². The molecule has 0 atom stereocenters. The number of ether oxygens (including phenoxy) is 1. The van der Waals surface area contributed by atoms with Crippen LogP contribution in [0.1, 0.15) is 32.0 Å². The van der Waals surface area contributed by atoms with E-state index in [9.17, 15) is 14.7 Å². The third kappa shape index (κ3) is 3.12. The summed E-state index contributed by atoms with van der Waals surface area (Å²) in [7, 11) is 0. The van der Waals surface area contributed by atoms with Crippen molar-refractivity contribution < 1.29 is 19.4 Å². The third-order valence-corrected chi connectivity index (χ3v) is 4.88. The fourth-order valence-corrected chi connectivity index (χ4v) is 4.03. The number of carbonyl (C=O) groups excluding carboxylic acids is 1. The number of aryl methyl sites for hydroxylation is 2. The van der Waals surface area contributed by atoms with Crippen molar-refractivity contribution in [3.8, 4) is 5.75 Å². The van der Waals surface area contributed by atoms with Gasteiger partial charge in [-0.25, -0.2) is 4.79 Å². The molecule has 0 saturated carbocycles. The van der Waals surface area contributed by atoms with Crippen molar-refractivity contribution in [3.63, 3.8) is 0 Å². The van der Waals surface area contributed by atoms with Crippen LogP contribution in [0, 0.1) is 20.8 Å². The maximum Gasteiger partial charge on any atom is 0.338 e. The Morgan fingerprint density at radius 2 is 1.85 bits per heavy atom. The lowest BCUT2D eigenvalue weighted by Gasteiger charge is -2.13. The standard InChI is InChI=1S/C20H18BrNO4/c1-11-8-12(2)19(15(21)9-11)26-10-17(23)22-13(3)18(20(24)25)14-6-4-5-7-16(14)22/h4-9H,10H2,1-3H3,(H,24,25). The van der Waals surface area contributed by atoms with Gasteiger partial charge in [0, 0.05) is 11.1 Å². The molecule has 0 fully saturated rings. The molecule has 26 heavy (non-hydrogen) atoms. The molecule has 0 bridgehead atoms. The fraction of sp³-hybridized carbons (Fsp3) is 0.200. The Morgan fingerprint density at radius 1 is 1.15 bits per heavy atom. The predicted molar refractivity (Wildman–Crippen MR) is 103 cm³/mol. The summed E-state index contributed by atoms with van der Waals surface area (Å²) in [4.78, 5) is 24.4. The predicted octanol–water partition coefficient (Wildman–Crippen LogP) is 4.75. The molecule has 134 valence electrons. The molecular formula is C20H18BrNO4. The van der Waals surface area contributed by atoms with Crippen LogP contribution in [-0.2, 0) is 0 Å². The van der Waals surface area contributed by atoms with Gasteiger partial charge in [0.2, 0.25) is 0 Å². The molecule has 6 heteroatoms. The lowest BCUT2D eigenvalue weighted by atomic mass is 10.1. The number of para-hydroxylation sites is 1. The van der Waals surface area contributed by atoms with E-state index in [0.29, 0.717) is 22.3 Å². The van der Waals surface area contributed by atoms with Gasteiger partial charge < -0.3 is 9.84 Å². The average molecular weight is 416 g/mol. The molecule has 0 radical (unpaired) electrons. The van der Waals surface area contributed by atoms with Gasteiger partial charge in [-0.3, -0.25) is 9.36 Å². The minimum absolute atomic E-state index is 0.140. The van der Waals surface area contributed by atoms with Gasteiger partial charge in [-0.2, -0.15) is 0 Å². The number of benzene rings is 2. The lowest BCUT2D eigenvalue weighted by molar-refractivity contribution is 0.0698. The minimum Gasteiger partial charge on any atom is -0.482 e. The second-order valence-corrected chi connectivity index (χ2v) is 7.05. The summed E-state index contributed by atoms with van der Waals surface area (Å²) in [6.07, 6.45) is 0. The van der Waals surface area contributed by atoms with Crippen molar-refractivity contribution in [2.45, 2.75) is 20.8 Å². The van der Waals surface area contributed by atoms with Crippen molar-refractivity contribution in [3.05, 3.63) is 63.3 Å². The highest BCUT2D eigenvalue weighted by molar-refractivity contribution is 9.10. The molecule has 1 aromatic heterocycles. The zero-order valence-electron chi connectivity index (χ0n) is 14.7. The molecule has 1 heterocycles. The smallest absolute Gasteiger partial charge is 0.338 e. The molecule has 0 amide bonds. The quantitative estimate of drug-likeness (QED) is 0.667. The van der Waals surface area contributed by atoms with Gasteiger partial charge >= 0.3 is 5.97 Å². The number of halogens is 1. The fourth-order valence-electron chi connectivity index (χ4n) is 3.24. The zero-order chi connectivity index (χ0) is 19.0. The van der Waals surface area contributed by atoms with E-state index in [1.807, 2.05) is 26.0 Å². The highest BCUT2D eigenvalue weighted by Gasteiger charge is 2.23. The van der Waals surface area contributed by atoms with E-state index in [0.717, 1.165) is 15.6 Å². The van der Waals surface area contributed by atoms with Crippen LogP contribution in [0.15, 0.2) is 40.9 Å². The molecule has 2 aromatic carbocycles. The number of rotatable bonds is 4. The maximum absolute atomic E-state index is 12.8. The summed E-state index contributed by atoms with van der Waals surface area (Å²) in [5, 5.41) is 10.0.